The summed E-state index contributed by atoms with van der Waals surface area (Å²) in [6, 6.07) is 21.6. The molecule has 0 aliphatic carbocycles. The normalized spacial score (nSPS) is 20.4. The molecular formula is C21H27N5OSi. The van der Waals surface area contributed by atoms with Crippen molar-refractivity contribution in [3.05, 3.63) is 66.5 Å². The number of tetrazole rings is 1. The number of H-pyrrole nitrogens is 1. The Hall–Kier alpha value is -2.35. The van der Waals surface area contributed by atoms with E-state index in [1.807, 2.05) is 0 Å². The van der Waals surface area contributed by atoms with Crippen LogP contribution in [0.1, 0.15) is 39.1 Å². The molecule has 2 aromatic carbocycles. The van der Waals surface area contributed by atoms with Crippen molar-refractivity contribution in [1.82, 2.24) is 25.9 Å². The molecule has 4 rings (SSSR count). The SMILES string of the molecule is CC(C)(C)[Si](O[C@H]1CN[C@@H](c2nn[nH]n2)C1)(c1ccccc1)c1ccccc1. The molecule has 0 spiro atoms. The number of rotatable bonds is 5. The van der Waals surface area contributed by atoms with Gasteiger partial charge in [0.25, 0.3) is 8.32 Å². The number of nitrogens with zero attached hydrogens (tertiary/aromatic N) is 3. The van der Waals surface area contributed by atoms with E-state index in [0.29, 0.717) is 5.82 Å². The second-order valence-corrected chi connectivity index (χ2v) is 12.6. The van der Waals surface area contributed by atoms with Crippen LogP contribution in [0.3, 0.4) is 0 Å². The fourth-order valence-corrected chi connectivity index (χ4v) is 8.94. The molecule has 1 aromatic heterocycles. The van der Waals surface area contributed by atoms with E-state index < -0.39 is 8.32 Å². The summed E-state index contributed by atoms with van der Waals surface area (Å²) in [6.07, 6.45) is 0.930. The van der Waals surface area contributed by atoms with Gasteiger partial charge in [-0.15, -0.1) is 10.2 Å². The third-order valence-electron chi connectivity index (χ3n) is 5.52. The van der Waals surface area contributed by atoms with Gasteiger partial charge in [0, 0.05) is 6.54 Å². The molecule has 0 radical (unpaired) electrons. The van der Waals surface area contributed by atoms with Crippen molar-refractivity contribution in [2.75, 3.05) is 6.54 Å². The average Bonchev–Trinajstić information content (AvgIpc) is 3.38. The molecule has 2 N–H and O–H groups in total. The predicted molar refractivity (Wildman–Crippen MR) is 112 cm³/mol. The third kappa shape index (κ3) is 3.41. The van der Waals surface area contributed by atoms with Gasteiger partial charge in [-0.3, -0.25) is 0 Å². The fraction of sp³-hybridized carbons (Fsp3) is 0.381. The molecule has 1 aliphatic heterocycles. The number of aromatic amines is 1. The van der Waals surface area contributed by atoms with Crippen molar-refractivity contribution < 1.29 is 4.43 Å². The summed E-state index contributed by atoms with van der Waals surface area (Å²) in [4.78, 5) is 0. The number of benzene rings is 2. The summed E-state index contributed by atoms with van der Waals surface area (Å²) < 4.78 is 7.15. The highest BCUT2D eigenvalue weighted by atomic mass is 28.4. The number of hydrogen-bond donors (Lipinski definition) is 2. The minimum absolute atomic E-state index is 0.0278. The lowest BCUT2D eigenvalue weighted by molar-refractivity contribution is 0.204. The molecule has 3 aromatic rings. The molecule has 6 nitrogen and oxygen atoms in total. The Bertz CT molecular complexity index is 841. The molecule has 2 atom stereocenters. The van der Waals surface area contributed by atoms with Crippen LogP contribution in [-0.2, 0) is 4.43 Å². The van der Waals surface area contributed by atoms with E-state index in [1.165, 1.54) is 10.4 Å². The molecule has 1 aliphatic rings. The van der Waals surface area contributed by atoms with Crippen LogP contribution < -0.4 is 15.7 Å². The molecule has 146 valence electrons. The van der Waals surface area contributed by atoms with Gasteiger partial charge in [0.15, 0.2) is 5.82 Å². The Balaban J connectivity index is 1.73. The summed E-state index contributed by atoms with van der Waals surface area (Å²) in [5.74, 6) is 0.702. The Morgan fingerprint density at radius 1 is 0.964 bits per heavy atom. The molecule has 28 heavy (non-hydrogen) atoms. The maximum Gasteiger partial charge on any atom is 0.261 e. The summed E-state index contributed by atoms with van der Waals surface area (Å²) in [7, 11) is -2.53. The van der Waals surface area contributed by atoms with Crippen LogP contribution in [-0.4, -0.2) is 41.6 Å². The molecule has 2 heterocycles. The third-order valence-corrected chi connectivity index (χ3v) is 10.6. The molecule has 7 heteroatoms. The van der Waals surface area contributed by atoms with Crippen LogP contribution >= 0.6 is 0 Å². The van der Waals surface area contributed by atoms with Crippen LogP contribution in [0.4, 0.5) is 0 Å². The zero-order chi connectivity index (χ0) is 19.6. The zero-order valence-corrected chi connectivity index (χ0v) is 17.6. The maximum absolute atomic E-state index is 7.15. The summed E-state index contributed by atoms with van der Waals surface area (Å²) in [5.41, 5.74) is 0. The monoisotopic (exact) mass is 393 g/mol. The Morgan fingerprint density at radius 2 is 1.57 bits per heavy atom. The van der Waals surface area contributed by atoms with Crippen molar-refractivity contribution in [2.24, 2.45) is 0 Å². The first kappa shape index (κ1) is 19.0. The van der Waals surface area contributed by atoms with E-state index in [4.69, 9.17) is 4.43 Å². The first-order valence-corrected chi connectivity index (χ1v) is 11.7. The van der Waals surface area contributed by atoms with Crippen LogP contribution in [0.2, 0.25) is 5.04 Å². The van der Waals surface area contributed by atoms with E-state index in [-0.39, 0.29) is 17.2 Å². The van der Waals surface area contributed by atoms with E-state index >= 15 is 0 Å². The maximum atomic E-state index is 7.15. The van der Waals surface area contributed by atoms with Gasteiger partial charge in [-0.2, -0.15) is 5.21 Å². The van der Waals surface area contributed by atoms with Gasteiger partial charge >= 0.3 is 0 Å². The highest BCUT2D eigenvalue weighted by molar-refractivity contribution is 6.99. The van der Waals surface area contributed by atoms with Crippen LogP contribution in [0, 0.1) is 0 Å². The molecule has 0 amide bonds. The van der Waals surface area contributed by atoms with Gasteiger partial charge in [0.1, 0.15) is 0 Å². The highest BCUT2D eigenvalue weighted by Crippen LogP contribution is 2.39. The van der Waals surface area contributed by atoms with Gasteiger partial charge in [-0.05, 0) is 21.8 Å². The smallest absolute Gasteiger partial charge is 0.261 e. The van der Waals surface area contributed by atoms with Gasteiger partial charge in [-0.25, -0.2) is 0 Å². The van der Waals surface area contributed by atoms with Crippen molar-refractivity contribution in [1.29, 1.82) is 0 Å². The molecule has 0 saturated carbocycles. The van der Waals surface area contributed by atoms with Crippen LogP contribution in [0.15, 0.2) is 60.7 Å². The van der Waals surface area contributed by atoms with Gasteiger partial charge in [0.05, 0.1) is 12.1 Å². The summed E-state index contributed by atoms with van der Waals surface area (Å²) in [6.45, 7) is 7.69. The Labute approximate surface area is 166 Å². The first-order chi connectivity index (χ1) is 13.5. The average molecular weight is 394 g/mol. The van der Waals surface area contributed by atoms with E-state index in [2.05, 4.69) is 107 Å². The van der Waals surface area contributed by atoms with Crippen molar-refractivity contribution >= 4 is 18.7 Å². The van der Waals surface area contributed by atoms with Gasteiger partial charge in [-0.1, -0.05) is 86.6 Å². The second kappa shape index (κ2) is 7.58. The lowest BCUT2D eigenvalue weighted by Gasteiger charge is -2.44. The minimum Gasteiger partial charge on any atom is -0.403 e. The van der Waals surface area contributed by atoms with E-state index in [1.54, 1.807) is 0 Å². The minimum atomic E-state index is -2.53. The number of hydrogen-bond acceptors (Lipinski definition) is 5. The lowest BCUT2D eigenvalue weighted by atomic mass is 10.2. The van der Waals surface area contributed by atoms with Crippen molar-refractivity contribution in [3.63, 3.8) is 0 Å². The lowest BCUT2D eigenvalue weighted by Crippen LogP contribution is -2.67. The van der Waals surface area contributed by atoms with E-state index in [9.17, 15) is 0 Å². The van der Waals surface area contributed by atoms with Gasteiger partial charge in [0.2, 0.25) is 0 Å². The molecule has 0 bridgehead atoms. The largest absolute Gasteiger partial charge is 0.403 e. The van der Waals surface area contributed by atoms with Crippen LogP contribution in [0.25, 0.3) is 0 Å². The number of aromatic nitrogens is 4. The second-order valence-electron chi connectivity index (χ2n) is 8.37. The molecular weight excluding hydrogens is 366 g/mol. The quantitative estimate of drug-likeness (QED) is 0.650. The summed E-state index contributed by atoms with van der Waals surface area (Å²) in [5, 5.41) is 20.6. The van der Waals surface area contributed by atoms with E-state index in [0.717, 1.165) is 13.0 Å². The van der Waals surface area contributed by atoms with Crippen molar-refractivity contribution in [3.8, 4) is 0 Å². The Kier molecular flexibility index (Phi) is 5.14. The first-order valence-electron chi connectivity index (χ1n) is 9.76. The van der Waals surface area contributed by atoms with Gasteiger partial charge < -0.3 is 9.74 Å². The number of nitrogens with one attached hydrogen (secondary N) is 2. The molecule has 0 unspecified atom stereocenters. The van der Waals surface area contributed by atoms with Crippen molar-refractivity contribution in [2.45, 2.75) is 44.4 Å². The standard InChI is InChI=1S/C21H27N5OSi/c1-21(2,3)28(17-10-6-4-7-11-17,18-12-8-5-9-13-18)27-16-14-19(22-15-16)20-23-25-26-24-20/h4-13,16,19,22H,14-15H2,1-3H3,(H,23,24,25,26)/t16-,19-/m1/s1. The summed E-state index contributed by atoms with van der Waals surface area (Å²) >= 11 is 0. The van der Waals surface area contributed by atoms with Crippen LogP contribution in [0.5, 0.6) is 0 Å². The topological polar surface area (TPSA) is 75.7 Å². The molecule has 1 fully saturated rings. The Morgan fingerprint density at radius 3 is 2.07 bits per heavy atom. The molecule has 1 saturated heterocycles. The predicted octanol–water partition coefficient (Wildman–Crippen LogP) is 2.18. The zero-order valence-electron chi connectivity index (χ0n) is 16.6. The highest BCUT2D eigenvalue weighted by Gasteiger charge is 2.52. The fourth-order valence-electron chi connectivity index (χ4n) is 4.25.